The van der Waals surface area contributed by atoms with E-state index in [0.717, 1.165) is 48.9 Å². The van der Waals surface area contributed by atoms with Gasteiger partial charge in [-0.05, 0) is 85.5 Å². The maximum absolute atomic E-state index is 14.7. The SMILES string of the molecule is N#Cc1cnc(N2CC3(CCOCC3)C2)c(C(=O)Nc2ccc(C(=O)N3CCc4cc(C(=O)Nc5c(F)cc(F)cc5Cl)sc4-c4ccc(F)cc43)cc2)c1. The van der Waals surface area contributed by atoms with Crippen LogP contribution in [0, 0.1) is 34.2 Å². The van der Waals surface area contributed by atoms with Crippen molar-refractivity contribution in [1.29, 1.82) is 5.26 Å². The fourth-order valence-corrected chi connectivity index (χ4v) is 8.68. The monoisotopic (exact) mass is 782 g/mol. The first kappa shape index (κ1) is 36.2. The molecule has 2 N–H and O–H groups in total. The first-order valence-electron chi connectivity index (χ1n) is 17.4. The summed E-state index contributed by atoms with van der Waals surface area (Å²) in [7, 11) is 0. The summed E-state index contributed by atoms with van der Waals surface area (Å²) >= 11 is 7.07. The molecule has 3 aliphatic rings. The number of benzene rings is 3. The van der Waals surface area contributed by atoms with Crippen molar-refractivity contribution in [2.45, 2.75) is 19.3 Å². The molecular formula is C40H30ClF3N6O4S. The highest BCUT2D eigenvalue weighted by Crippen LogP contribution is 2.44. The van der Waals surface area contributed by atoms with Gasteiger partial charge in [-0.1, -0.05) is 11.6 Å². The molecule has 278 valence electrons. The number of hydrogen-bond donors (Lipinski definition) is 2. The van der Waals surface area contributed by atoms with Crippen molar-refractivity contribution in [2.24, 2.45) is 5.41 Å². The van der Waals surface area contributed by atoms with Crippen molar-refractivity contribution >= 4 is 63.5 Å². The van der Waals surface area contributed by atoms with Crippen LogP contribution in [-0.4, -0.2) is 55.6 Å². The molecule has 0 unspecified atom stereocenters. The van der Waals surface area contributed by atoms with Gasteiger partial charge in [0.15, 0.2) is 5.82 Å². The van der Waals surface area contributed by atoms with Crippen molar-refractivity contribution in [2.75, 3.05) is 53.3 Å². The fraction of sp³-hybridized carbons (Fsp3) is 0.225. The topological polar surface area (TPSA) is 128 Å². The van der Waals surface area contributed by atoms with Crippen LogP contribution in [-0.2, 0) is 11.2 Å². The van der Waals surface area contributed by atoms with E-state index in [1.807, 2.05) is 11.0 Å². The van der Waals surface area contributed by atoms with Gasteiger partial charge in [-0.25, -0.2) is 18.2 Å². The highest BCUT2D eigenvalue weighted by molar-refractivity contribution is 7.17. The lowest BCUT2D eigenvalue weighted by molar-refractivity contribution is -0.000511. The Morgan fingerprint density at radius 3 is 2.42 bits per heavy atom. The van der Waals surface area contributed by atoms with Crippen molar-refractivity contribution < 1.29 is 32.3 Å². The van der Waals surface area contributed by atoms with E-state index in [2.05, 4.69) is 15.6 Å². The van der Waals surface area contributed by atoms with Crippen LogP contribution >= 0.6 is 22.9 Å². The van der Waals surface area contributed by atoms with E-state index in [-0.39, 0.29) is 44.2 Å². The van der Waals surface area contributed by atoms with E-state index < -0.39 is 35.2 Å². The third-order valence-corrected chi connectivity index (χ3v) is 11.7. The molecule has 0 aliphatic carbocycles. The van der Waals surface area contributed by atoms with E-state index in [0.29, 0.717) is 53.3 Å². The second-order valence-corrected chi connectivity index (χ2v) is 15.2. The molecule has 3 aromatic carbocycles. The number of aromatic nitrogens is 1. The number of amides is 3. The molecule has 1 spiro atoms. The summed E-state index contributed by atoms with van der Waals surface area (Å²) in [5.41, 5.74) is 2.54. The standard InChI is InChI=1S/C40H30ClF3N6O4S/c41-30-15-26(43)16-31(44)34(30)48-38(52)33-14-24-7-10-50(32-17-25(42)3-6-28(32)35(24)55-33)39(53)23-1-4-27(5-2-23)47-37(51)29-13-22(18-45)19-46-36(29)49-20-40(21-49)8-11-54-12-9-40/h1-6,13-17,19H,7-12,20-21H2,(H,47,51)(H,48,52). The Labute approximate surface area is 322 Å². The van der Waals surface area contributed by atoms with Crippen LogP contribution in [0.5, 0.6) is 0 Å². The minimum atomic E-state index is -1.02. The summed E-state index contributed by atoms with van der Waals surface area (Å²) in [5, 5.41) is 14.5. The summed E-state index contributed by atoms with van der Waals surface area (Å²) in [6.45, 7) is 3.05. The van der Waals surface area contributed by atoms with Gasteiger partial charge in [0.2, 0.25) is 0 Å². The van der Waals surface area contributed by atoms with E-state index >= 15 is 0 Å². The van der Waals surface area contributed by atoms with E-state index in [4.69, 9.17) is 16.3 Å². The number of fused-ring (bicyclic) bond motifs is 3. The quantitative estimate of drug-likeness (QED) is 0.178. The van der Waals surface area contributed by atoms with Crippen molar-refractivity contribution in [1.82, 2.24) is 4.98 Å². The lowest BCUT2D eigenvalue weighted by Gasteiger charge is -2.53. The number of rotatable bonds is 6. The normalized spacial score (nSPS) is 15.6. The molecule has 3 amide bonds. The van der Waals surface area contributed by atoms with Gasteiger partial charge in [-0.15, -0.1) is 11.3 Å². The molecule has 15 heteroatoms. The zero-order valence-electron chi connectivity index (χ0n) is 28.9. The lowest BCUT2D eigenvalue weighted by Crippen LogP contribution is -2.59. The number of halogens is 4. The molecule has 5 heterocycles. The summed E-state index contributed by atoms with van der Waals surface area (Å²) in [6.07, 6.45) is 3.65. The molecule has 0 radical (unpaired) electrons. The number of anilines is 4. The zero-order chi connectivity index (χ0) is 38.4. The molecule has 10 nitrogen and oxygen atoms in total. The van der Waals surface area contributed by atoms with Crippen LogP contribution in [0.1, 0.15) is 54.4 Å². The molecule has 55 heavy (non-hydrogen) atoms. The first-order chi connectivity index (χ1) is 26.5. The summed E-state index contributed by atoms with van der Waals surface area (Å²) < 4.78 is 48.2. The number of carbonyl (C=O) groups excluding carboxylic acids is 3. The molecular weight excluding hydrogens is 753 g/mol. The second-order valence-electron chi connectivity index (χ2n) is 13.7. The predicted octanol–water partition coefficient (Wildman–Crippen LogP) is 8.08. The maximum Gasteiger partial charge on any atom is 0.265 e. The lowest BCUT2D eigenvalue weighted by atomic mass is 9.73. The van der Waals surface area contributed by atoms with Crippen LogP contribution in [0.3, 0.4) is 0 Å². The first-order valence-corrected chi connectivity index (χ1v) is 18.5. The van der Waals surface area contributed by atoms with E-state index in [9.17, 15) is 32.8 Å². The van der Waals surface area contributed by atoms with Gasteiger partial charge in [0, 0.05) is 72.2 Å². The van der Waals surface area contributed by atoms with Crippen LogP contribution in [0.2, 0.25) is 5.02 Å². The number of nitrogens with zero attached hydrogens (tertiary/aromatic N) is 4. The second kappa shape index (κ2) is 14.5. The number of hydrogen-bond acceptors (Lipinski definition) is 8. The van der Waals surface area contributed by atoms with Crippen LogP contribution in [0.15, 0.2) is 72.9 Å². The third kappa shape index (κ3) is 7.02. The van der Waals surface area contributed by atoms with Crippen LogP contribution in [0.4, 0.5) is 36.1 Å². The Bertz CT molecular complexity index is 2400. The minimum Gasteiger partial charge on any atom is -0.381 e. The van der Waals surface area contributed by atoms with Gasteiger partial charge in [-0.3, -0.25) is 14.4 Å². The van der Waals surface area contributed by atoms with E-state index in [1.54, 1.807) is 30.3 Å². The Kier molecular flexibility index (Phi) is 9.54. The number of nitrogens with one attached hydrogen (secondary N) is 2. The molecule has 0 bridgehead atoms. The predicted molar refractivity (Wildman–Crippen MR) is 202 cm³/mol. The molecule has 0 atom stereocenters. The summed E-state index contributed by atoms with van der Waals surface area (Å²) in [5.74, 6) is -3.50. The van der Waals surface area contributed by atoms with Gasteiger partial charge < -0.3 is 25.2 Å². The maximum atomic E-state index is 14.7. The Balaban J connectivity index is 0.996. The average molecular weight is 783 g/mol. The van der Waals surface area contributed by atoms with Gasteiger partial charge in [-0.2, -0.15) is 5.26 Å². The van der Waals surface area contributed by atoms with Crippen molar-refractivity contribution in [3.05, 3.63) is 123 Å². The largest absolute Gasteiger partial charge is 0.381 e. The molecule has 0 saturated carbocycles. The Hall–Kier alpha value is -5.75. The third-order valence-electron chi connectivity index (χ3n) is 10.2. The average Bonchev–Trinajstić information content (AvgIpc) is 3.53. The molecule has 3 aliphatic heterocycles. The number of pyridine rings is 1. The smallest absolute Gasteiger partial charge is 0.265 e. The van der Waals surface area contributed by atoms with Crippen molar-refractivity contribution in [3.8, 4) is 16.5 Å². The number of ether oxygens (including phenoxy) is 1. The Morgan fingerprint density at radius 1 is 0.927 bits per heavy atom. The number of thiophene rings is 1. The van der Waals surface area contributed by atoms with Crippen LogP contribution < -0.4 is 20.4 Å². The van der Waals surface area contributed by atoms with Gasteiger partial charge in [0.25, 0.3) is 17.7 Å². The van der Waals surface area contributed by atoms with Crippen molar-refractivity contribution in [3.63, 3.8) is 0 Å². The van der Waals surface area contributed by atoms with Gasteiger partial charge in [0.05, 0.1) is 32.4 Å². The van der Waals surface area contributed by atoms with Crippen LogP contribution in [0.25, 0.3) is 10.4 Å². The summed E-state index contributed by atoms with van der Waals surface area (Å²) in [4.78, 5) is 49.6. The fourth-order valence-electron chi connectivity index (χ4n) is 7.30. The highest BCUT2D eigenvalue weighted by Gasteiger charge is 2.45. The minimum absolute atomic E-state index is 0.137. The summed E-state index contributed by atoms with van der Waals surface area (Å²) in [6, 6.07) is 17.1. The number of carbonyl (C=O) groups is 3. The zero-order valence-corrected chi connectivity index (χ0v) is 30.5. The van der Waals surface area contributed by atoms with Gasteiger partial charge in [0.1, 0.15) is 23.5 Å². The number of nitriles is 1. The molecule has 2 saturated heterocycles. The molecule has 2 fully saturated rings. The molecule has 2 aromatic heterocycles. The van der Waals surface area contributed by atoms with E-state index in [1.165, 1.54) is 35.4 Å². The van der Waals surface area contributed by atoms with Gasteiger partial charge >= 0.3 is 0 Å². The Morgan fingerprint density at radius 2 is 1.69 bits per heavy atom. The highest BCUT2D eigenvalue weighted by atomic mass is 35.5. The molecule has 5 aromatic rings. The molecule has 8 rings (SSSR count).